The number of carboxylic acid groups (broad SMARTS) is 1. The lowest BCUT2D eigenvalue weighted by atomic mass is 10.2. The number of nitrogens with zero attached hydrogens (tertiary/aromatic N) is 1. The standard InChI is InChI=1S/C11H16N2O3S/c1-3-4-5-6-12-11-13-8(10(15)16)9(17-11)7(2)14/h3-6H2,1-2H3,(H,12,13)(H,15,16). The smallest absolute Gasteiger partial charge is 0.356 e. The maximum absolute atomic E-state index is 11.2. The molecule has 0 radical (unpaired) electrons. The molecular weight excluding hydrogens is 240 g/mol. The Kier molecular flexibility index (Phi) is 5.09. The Morgan fingerprint density at radius 2 is 2.12 bits per heavy atom. The van der Waals surface area contributed by atoms with E-state index in [1.54, 1.807) is 0 Å². The molecule has 2 N–H and O–H groups in total. The Morgan fingerprint density at radius 3 is 2.59 bits per heavy atom. The van der Waals surface area contributed by atoms with Crippen LogP contribution in [0.2, 0.25) is 0 Å². The van der Waals surface area contributed by atoms with E-state index in [4.69, 9.17) is 5.11 Å². The summed E-state index contributed by atoms with van der Waals surface area (Å²) in [5.41, 5.74) is -0.152. The van der Waals surface area contributed by atoms with Gasteiger partial charge in [-0.05, 0) is 6.42 Å². The molecule has 0 aliphatic rings. The van der Waals surface area contributed by atoms with Crippen molar-refractivity contribution < 1.29 is 14.7 Å². The summed E-state index contributed by atoms with van der Waals surface area (Å²) in [5.74, 6) is -1.42. The maximum Gasteiger partial charge on any atom is 0.356 e. The van der Waals surface area contributed by atoms with Crippen LogP contribution in [0.15, 0.2) is 0 Å². The molecule has 0 fully saturated rings. The van der Waals surface area contributed by atoms with Gasteiger partial charge in [0.2, 0.25) is 0 Å². The van der Waals surface area contributed by atoms with E-state index in [1.807, 2.05) is 0 Å². The highest BCUT2D eigenvalue weighted by atomic mass is 32.1. The fraction of sp³-hybridized carbons (Fsp3) is 0.545. The van der Waals surface area contributed by atoms with Gasteiger partial charge in [0.1, 0.15) is 4.88 Å². The largest absolute Gasteiger partial charge is 0.476 e. The number of hydrogen-bond acceptors (Lipinski definition) is 5. The van der Waals surface area contributed by atoms with Gasteiger partial charge >= 0.3 is 5.97 Å². The van der Waals surface area contributed by atoms with Crippen LogP contribution in [-0.4, -0.2) is 28.4 Å². The summed E-state index contributed by atoms with van der Waals surface area (Å²) in [6.07, 6.45) is 3.25. The third-order valence-corrected chi connectivity index (χ3v) is 3.32. The van der Waals surface area contributed by atoms with Crippen molar-refractivity contribution in [3.8, 4) is 0 Å². The van der Waals surface area contributed by atoms with Gasteiger partial charge in [-0.2, -0.15) is 0 Å². The van der Waals surface area contributed by atoms with Crippen LogP contribution in [0.3, 0.4) is 0 Å². The molecule has 0 saturated heterocycles. The Morgan fingerprint density at radius 1 is 1.41 bits per heavy atom. The van der Waals surface area contributed by atoms with Crippen LogP contribution in [-0.2, 0) is 0 Å². The van der Waals surface area contributed by atoms with Gasteiger partial charge < -0.3 is 10.4 Å². The third-order valence-electron chi connectivity index (χ3n) is 2.21. The Hall–Kier alpha value is -1.43. The molecule has 0 atom stereocenters. The van der Waals surface area contributed by atoms with E-state index in [1.165, 1.54) is 6.92 Å². The summed E-state index contributed by atoms with van der Waals surface area (Å²) in [6.45, 7) is 4.21. The minimum atomic E-state index is -1.16. The Bertz CT molecular complexity index is 383. The topological polar surface area (TPSA) is 79.3 Å². The molecule has 17 heavy (non-hydrogen) atoms. The molecule has 1 aromatic heterocycles. The molecule has 1 heterocycles. The van der Waals surface area contributed by atoms with Gasteiger partial charge in [0.15, 0.2) is 16.6 Å². The molecule has 0 saturated carbocycles. The van der Waals surface area contributed by atoms with Crippen molar-refractivity contribution in [2.24, 2.45) is 0 Å². The highest BCUT2D eigenvalue weighted by Gasteiger charge is 2.20. The van der Waals surface area contributed by atoms with Gasteiger partial charge in [0.05, 0.1) is 0 Å². The number of aromatic nitrogens is 1. The number of thiazole rings is 1. The van der Waals surface area contributed by atoms with Gasteiger partial charge in [-0.15, -0.1) is 0 Å². The molecule has 0 amide bonds. The molecular formula is C11H16N2O3S. The lowest BCUT2D eigenvalue weighted by Crippen LogP contribution is -2.04. The van der Waals surface area contributed by atoms with Crippen LogP contribution in [0.1, 0.15) is 53.3 Å². The number of Topliss-reactive ketones (excluding diaryl/α,β-unsaturated/α-hetero) is 1. The van der Waals surface area contributed by atoms with Crippen molar-refractivity contribution in [1.82, 2.24) is 4.98 Å². The number of nitrogens with one attached hydrogen (secondary N) is 1. The van der Waals surface area contributed by atoms with E-state index in [0.29, 0.717) is 5.13 Å². The first-order valence-corrected chi connectivity index (χ1v) is 6.36. The highest BCUT2D eigenvalue weighted by Crippen LogP contribution is 2.23. The van der Waals surface area contributed by atoms with Crippen molar-refractivity contribution in [1.29, 1.82) is 0 Å². The lowest BCUT2D eigenvalue weighted by molar-refractivity contribution is 0.0687. The molecule has 0 aliphatic carbocycles. The normalized spacial score (nSPS) is 10.2. The molecule has 1 aromatic rings. The fourth-order valence-electron chi connectivity index (χ4n) is 1.35. The average Bonchev–Trinajstić information content (AvgIpc) is 2.69. The predicted molar refractivity (Wildman–Crippen MR) is 67.1 cm³/mol. The Labute approximate surface area is 104 Å². The Balaban J connectivity index is 2.71. The highest BCUT2D eigenvalue weighted by molar-refractivity contribution is 7.17. The van der Waals surface area contributed by atoms with E-state index in [2.05, 4.69) is 17.2 Å². The second-order valence-electron chi connectivity index (χ2n) is 3.69. The number of anilines is 1. The molecule has 6 heteroatoms. The van der Waals surface area contributed by atoms with Crippen LogP contribution in [0, 0.1) is 0 Å². The third kappa shape index (κ3) is 3.81. The van der Waals surface area contributed by atoms with E-state index in [0.717, 1.165) is 37.1 Å². The van der Waals surface area contributed by atoms with Gasteiger partial charge in [0.25, 0.3) is 0 Å². The predicted octanol–water partition coefficient (Wildman–Crippen LogP) is 2.65. The summed E-state index contributed by atoms with van der Waals surface area (Å²) < 4.78 is 0. The second-order valence-corrected chi connectivity index (χ2v) is 4.69. The summed E-state index contributed by atoms with van der Waals surface area (Å²) in [5, 5.41) is 12.4. The molecule has 0 unspecified atom stereocenters. The maximum atomic E-state index is 11.2. The van der Waals surface area contributed by atoms with Crippen LogP contribution in [0.25, 0.3) is 0 Å². The number of aromatic carboxylic acids is 1. The SMILES string of the molecule is CCCCCNc1nc(C(=O)O)c(C(C)=O)s1. The first-order chi connectivity index (χ1) is 8.06. The van der Waals surface area contributed by atoms with Gasteiger partial charge in [-0.1, -0.05) is 31.1 Å². The fourth-order valence-corrected chi connectivity index (χ4v) is 2.23. The molecule has 0 aliphatic heterocycles. The monoisotopic (exact) mass is 256 g/mol. The number of ketones is 1. The average molecular weight is 256 g/mol. The van der Waals surface area contributed by atoms with Crippen LogP contribution in [0.5, 0.6) is 0 Å². The van der Waals surface area contributed by atoms with Crippen molar-refractivity contribution >= 4 is 28.2 Å². The van der Waals surface area contributed by atoms with Crippen LogP contribution >= 0.6 is 11.3 Å². The van der Waals surface area contributed by atoms with Crippen molar-refractivity contribution in [3.05, 3.63) is 10.6 Å². The molecule has 94 valence electrons. The van der Waals surface area contributed by atoms with E-state index in [9.17, 15) is 9.59 Å². The number of carboxylic acids is 1. The zero-order chi connectivity index (χ0) is 12.8. The summed E-state index contributed by atoms with van der Waals surface area (Å²) >= 11 is 1.10. The molecule has 0 aromatic carbocycles. The van der Waals surface area contributed by atoms with Crippen LogP contribution < -0.4 is 5.32 Å². The number of unbranched alkanes of at least 4 members (excludes halogenated alkanes) is 2. The van der Waals surface area contributed by atoms with E-state index < -0.39 is 5.97 Å². The van der Waals surface area contributed by atoms with Crippen LogP contribution in [0.4, 0.5) is 5.13 Å². The zero-order valence-corrected chi connectivity index (χ0v) is 10.8. The van der Waals surface area contributed by atoms with E-state index in [-0.39, 0.29) is 16.4 Å². The number of hydrogen-bond donors (Lipinski definition) is 2. The summed E-state index contributed by atoms with van der Waals surface area (Å²) in [7, 11) is 0. The summed E-state index contributed by atoms with van der Waals surface area (Å²) in [6, 6.07) is 0. The van der Waals surface area contributed by atoms with Gasteiger partial charge in [-0.25, -0.2) is 9.78 Å². The number of carbonyl (C=O) groups excluding carboxylic acids is 1. The molecule has 0 spiro atoms. The molecule has 0 bridgehead atoms. The van der Waals surface area contributed by atoms with Crippen molar-refractivity contribution in [3.63, 3.8) is 0 Å². The van der Waals surface area contributed by atoms with Crippen molar-refractivity contribution in [2.75, 3.05) is 11.9 Å². The van der Waals surface area contributed by atoms with Gasteiger partial charge in [0, 0.05) is 13.5 Å². The minimum Gasteiger partial charge on any atom is -0.476 e. The minimum absolute atomic E-state index is 0.152. The first-order valence-electron chi connectivity index (χ1n) is 5.55. The summed E-state index contributed by atoms with van der Waals surface area (Å²) in [4.78, 5) is 26.2. The molecule has 1 rings (SSSR count). The zero-order valence-electron chi connectivity index (χ0n) is 9.95. The number of rotatable bonds is 7. The van der Waals surface area contributed by atoms with E-state index >= 15 is 0 Å². The van der Waals surface area contributed by atoms with Gasteiger partial charge in [-0.3, -0.25) is 4.79 Å². The number of carbonyl (C=O) groups is 2. The molecule has 5 nitrogen and oxygen atoms in total. The van der Waals surface area contributed by atoms with Crippen molar-refractivity contribution in [2.45, 2.75) is 33.1 Å². The quantitative estimate of drug-likeness (QED) is 0.579. The first kappa shape index (κ1) is 13.6. The lowest BCUT2D eigenvalue weighted by Gasteiger charge is -1.99. The second kappa shape index (κ2) is 6.34.